The molecule has 0 saturated carbocycles. The van der Waals surface area contributed by atoms with Crippen molar-refractivity contribution < 1.29 is 14.0 Å². The quantitative estimate of drug-likeness (QED) is 0.847. The van der Waals surface area contributed by atoms with Gasteiger partial charge in [0, 0.05) is 50.4 Å². The minimum Gasteiger partial charge on any atom is -0.460 e. The lowest BCUT2D eigenvalue weighted by atomic mass is 9.84. The summed E-state index contributed by atoms with van der Waals surface area (Å²) in [7, 11) is 0. The summed E-state index contributed by atoms with van der Waals surface area (Å²) in [5.74, 6) is 0.903. The van der Waals surface area contributed by atoms with Crippen molar-refractivity contribution in [3.05, 3.63) is 35.5 Å². The molecular formula is C17H22N4O3. The van der Waals surface area contributed by atoms with Crippen molar-refractivity contribution in [1.29, 1.82) is 0 Å². The summed E-state index contributed by atoms with van der Waals surface area (Å²) in [5, 5.41) is 4.02. The minimum atomic E-state index is -0.101. The molecule has 0 N–H and O–H groups in total. The first kappa shape index (κ1) is 15.5. The fourth-order valence-electron chi connectivity index (χ4n) is 3.63. The van der Waals surface area contributed by atoms with Gasteiger partial charge in [-0.05, 0) is 19.9 Å². The first-order chi connectivity index (χ1) is 11.6. The van der Waals surface area contributed by atoms with E-state index in [2.05, 4.69) is 20.0 Å². The smallest absolute Gasteiger partial charge is 0.316 e. The number of nitrogens with zero attached hydrogens (tertiary/aromatic N) is 4. The Bertz CT molecular complexity index is 678. The Kier molecular flexibility index (Phi) is 3.97. The highest BCUT2D eigenvalue weighted by atomic mass is 16.5. The Morgan fingerprint density at radius 2 is 2.08 bits per heavy atom. The molecule has 2 aromatic rings. The molecule has 0 aromatic carbocycles. The van der Waals surface area contributed by atoms with Crippen LogP contribution in [0.1, 0.15) is 29.9 Å². The Balaban J connectivity index is 1.34. The molecule has 2 saturated heterocycles. The lowest BCUT2D eigenvalue weighted by Crippen LogP contribution is -2.65. The monoisotopic (exact) mass is 330 g/mol. The zero-order chi connectivity index (χ0) is 16.6. The summed E-state index contributed by atoms with van der Waals surface area (Å²) < 4.78 is 17.2. The molecule has 0 radical (unpaired) electrons. The number of rotatable bonds is 4. The number of hydrogen-bond acceptors (Lipinski definition) is 7. The number of aromatic nitrogens is 3. The first-order valence-corrected chi connectivity index (χ1v) is 8.35. The van der Waals surface area contributed by atoms with Crippen LogP contribution in [0.3, 0.4) is 0 Å². The normalized spacial score (nSPS) is 23.2. The summed E-state index contributed by atoms with van der Waals surface area (Å²) in [6, 6.07) is 2.24. The molecule has 128 valence electrons. The van der Waals surface area contributed by atoms with Crippen molar-refractivity contribution in [2.45, 2.75) is 44.9 Å². The molecule has 7 heteroatoms. The molecule has 2 aromatic heterocycles. The second kappa shape index (κ2) is 6.14. The summed E-state index contributed by atoms with van der Waals surface area (Å²) in [4.78, 5) is 10.7. The summed E-state index contributed by atoms with van der Waals surface area (Å²) in [5.41, 5.74) is 2.06. The fourth-order valence-corrected chi connectivity index (χ4v) is 3.63. The van der Waals surface area contributed by atoms with Crippen LogP contribution in [0.25, 0.3) is 0 Å². The average Bonchev–Trinajstić information content (AvgIpc) is 2.87. The number of aryl methyl sites for hydroxylation is 2. The van der Waals surface area contributed by atoms with E-state index in [9.17, 15) is 0 Å². The van der Waals surface area contributed by atoms with Gasteiger partial charge < -0.3 is 14.0 Å². The van der Waals surface area contributed by atoms with Crippen molar-refractivity contribution in [1.82, 2.24) is 20.0 Å². The highest BCUT2D eigenvalue weighted by Gasteiger charge is 2.48. The average molecular weight is 330 g/mol. The molecule has 24 heavy (non-hydrogen) atoms. The zero-order valence-electron chi connectivity index (χ0n) is 14.1. The predicted octanol–water partition coefficient (Wildman–Crippen LogP) is 1.89. The van der Waals surface area contributed by atoms with Crippen molar-refractivity contribution in [3.63, 3.8) is 0 Å². The van der Waals surface area contributed by atoms with E-state index in [-0.39, 0.29) is 11.7 Å². The van der Waals surface area contributed by atoms with Crippen LogP contribution >= 0.6 is 0 Å². The zero-order valence-corrected chi connectivity index (χ0v) is 14.1. The lowest BCUT2D eigenvalue weighted by Gasteiger charge is -2.53. The molecule has 7 nitrogen and oxygen atoms in total. The Hall–Kier alpha value is -1.99. The highest BCUT2D eigenvalue weighted by molar-refractivity contribution is 5.21. The molecular weight excluding hydrogens is 308 g/mol. The molecule has 1 atom stereocenters. The second-order valence-electron chi connectivity index (χ2n) is 6.74. The third kappa shape index (κ3) is 3.01. The van der Waals surface area contributed by atoms with E-state index in [0.29, 0.717) is 6.01 Å². The molecule has 2 aliphatic heterocycles. The van der Waals surface area contributed by atoms with E-state index in [4.69, 9.17) is 14.0 Å². The number of likely N-dealkylation sites (tertiary alicyclic amines) is 1. The fraction of sp³-hybridized carbons (Fsp3) is 0.588. The predicted molar refractivity (Wildman–Crippen MR) is 85.6 cm³/mol. The van der Waals surface area contributed by atoms with Gasteiger partial charge >= 0.3 is 6.01 Å². The van der Waals surface area contributed by atoms with Crippen molar-refractivity contribution in [2.75, 3.05) is 19.7 Å². The lowest BCUT2D eigenvalue weighted by molar-refractivity contribution is -0.188. The molecule has 0 bridgehead atoms. The number of hydrogen-bond donors (Lipinski definition) is 0. The van der Waals surface area contributed by atoms with Gasteiger partial charge in [0.05, 0.1) is 17.9 Å². The van der Waals surface area contributed by atoms with Crippen LogP contribution in [0.15, 0.2) is 23.0 Å². The molecule has 0 amide bonds. The van der Waals surface area contributed by atoms with Crippen molar-refractivity contribution >= 4 is 0 Å². The van der Waals surface area contributed by atoms with E-state index in [1.54, 1.807) is 18.5 Å². The topological polar surface area (TPSA) is 73.5 Å². The van der Waals surface area contributed by atoms with Gasteiger partial charge in [-0.25, -0.2) is 9.97 Å². The van der Waals surface area contributed by atoms with E-state index in [1.807, 2.05) is 13.8 Å². The van der Waals surface area contributed by atoms with Gasteiger partial charge in [-0.1, -0.05) is 5.16 Å². The summed E-state index contributed by atoms with van der Waals surface area (Å²) in [6.45, 7) is 7.35. The van der Waals surface area contributed by atoms with E-state index in [1.165, 1.54) is 5.56 Å². The molecule has 0 aliphatic carbocycles. The van der Waals surface area contributed by atoms with E-state index >= 15 is 0 Å². The maximum atomic E-state index is 6.08. The van der Waals surface area contributed by atoms with Crippen LogP contribution in [0.4, 0.5) is 0 Å². The first-order valence-electron chi connectivity index (χ1n) is 8.35. The van der Waals surface area contributed by atoms with Crippen LogP contribution in [0, 0.1) is 13.8 Å². The van der Waals surface area contributed by atoms with E-state index < -0.39 is 0 Å². The van der Waals surface area contributed by atoms with Crippen LogP contribution < -0.4 is 4.74 Å². The molecule has 2 aliphatic rings. The van der Waals surface area contributed by atoms with Crippen LogP contribution in [-0.2, 0) is 11.3 Å². The standard InChI is InChI=1S/C17H22N4O3/c1-12-15(13(2)24-20-12)9-21-10-17(11-21)8-14(4-7-22-17)23-16-18-5-3-6-19-16/h3,5-6,14H,4,7-11H2,1-2H3. The van der Waals surface area contributed by atoms with Crippen LogP contribution in [0.5, 0.6) is 6.01 Å². The van der Waals surface area contributed by atoms with Crippen molar-refractivity contribution in [2.24, 2.45) is 0 Å². The highest BCUT2D eigenvalue weighted by Crippen LogP contribution is 2.36. The van der Waals surface area contributed by atoms with E-state index in [0.717, 1.165) is 50.5 Å². The van der Waals surface area contributed by atoms with Crippen LogP contribution in [-0.4, -0.2) is 51.4 Å². The maximum Gasteiger partial charge on any atom is 0.316 e. The van der Waals surface area contributed by atoms with Gasteiger partial charge in [-0.3, -0.25) is 4.90 Å². The molecule has 4 heterocycles. The van der Waals surface area contributed by atoms with Gasteiger partial charge in [0.1, 0.15) is 11.9 Å². The molecule has 4 rings (SSSR count). The SMILES string of the molecule is Cc1noc(C)c1CN1CC2(CC(Oc3ncccn3)CCO2)C1. The third-order valence-electron chi connectivity index (χ3n) is 4.85. The Labute approximate surface area is 141 Å². The molecule has 1 spiro atoms. The Morgan fingerprint density at radius 3 is 2.79 bits per heavy atom. The van der Waals surface area contributed by atoms with Gasteiger partial charge in [-0.15, -0.1) is 0 Å². The molecule has 2 fully saturated rings. The second-order valence-corrected chi connectivity index (χ2v) is 6.74. The summed E-state index contributed by atoms with van der Waals surface area (Å²) in [6.07, 6.45) is 5.27. The third-order valence-corrected chi connectivity index (χ3v) is 4.85. The van der Waals surface area contributed by atoms with Gasteiger partial charge in [0.15, 0.2) is 0 Å². The van der Waals surface area contributed by atoms with Crippen molar-refractivity contribution in [3.8, 4) is 6.01 Å². The molecule has 1 unspecified atom stereocenters. The summed E-state index contributed by atoms with van der Waals surface area (Å²) >= 11 is 0. The van der Waals surface area contributed by atoms with Gasteiger partial charge in [-0.2, -0.15) is 0 Å². The number of ether oxygens (including phenoxy) is 2. The maximum absolute atomic E-state index is 6.08. The van der Waals surface area contributed by atoms with Crippen LogP contribution in [0.2, 0.25) is 0 Å². The Morgan fingerprint density at radius 1 is 1.29 bits per heavy atom. The van der Waals surface area contributed by atoms with Gasteiger partial charge in [0.2, 0.25) is 0 Å². The largest absolute Gasteiger partial charge is 0.460 e. The van der Waals surface area contributed by atoms with Gasteiger partial charge in [0.25, 0.3) is 0 Å². The minimum absolute atomic E-state index is 0.101.